The van der Waals surface area contributed by atoms with E-state index < -0.39 is 22.3 Å². The van der Waals surface area contributed by atoms with E-state index in [9.17, 15) is 18.0 Å². The summed E-state index contributed by atoms with van der Waals surface area (Å²) < 4.78 is 34.5. The topological polar surface area (TPSA) is 154 Å². The Kier molecular flexibility index (Phi) is 18.6. The van der Waals surface area contributed by atoms with Crippen molar-refractivity contribution in [3.05, 3.63) is 57.6 Å². The minimum Gasteiger partial charge on any atom is -0.366 e. The predicted molar refractivity (Wildman–Crippen MR) is 199 cm³/mol. The molecule has 1 atom stereocenters. The maximum Gasteiger partial charge on any atom is 0.409 e. The second-order valence-corrected chi connectivity index (χ2v) is 14.8. The average molecular weight is 718 g/mol. The summed E-state index contributed by atoms with van der Waals surface area (Å²) >= 11 is 0. The molecule has 12 heteroatoms. The number of amides is 2. The second kappa shape index (κ2) is 19.6. The maximum absolute atomic E-state index is 13.4. The molecule has 6 N–H and O–H groups in total. The number of nitrogens with one attached hydrogen (secondary N) is 2. The van der Waals surface area contributed by atoms with Crippen LogP contribution in [0.15, 0.2) is 24.3 Å². The quantitative estimate of drug-likeness (QED) is 0.131. The van der Waals surface area contributed by atoms with Crippen LogP contribution in [0.3, 0.4) is 0 Å². The highest BCUT2D eigenvalue weighted by Crippen LogP contribution is 2.38. The fourth-order valence-corrected chi connectivity index (χ4v) is 6.16. The van der Waals surface area contributed by atoms with Crippen LogP contribution in [0, 0.1) is 0 Å². The summed E-state index contributed by atoms with van der Waals surface area (Å²) in [5.41, 5.74) is 17.4. The van der Waals surface area contributed by atoms with Gasteiger partial charge in [0.15, 0.2) is 5.75 Å². The zero-order valence-corrected chi connectivity index (χ0v) is 32.2. The standard InChI is InChI=1S/C35H56N4O5S.2ClH/c1-20(2)25-15-27(21(3)4)31(28(16-25)22(5)6)19-33(40)39-45(42,43)44-34-29(23(7)8)17-26(18-30(34)24(9)10)38-35(41)32(37)13-11-12-14-36;;/h15-18,20-24,32H,11-14,19,36-37H2,1-10H3,(H,38,41)(H,39,40);2*1H. The van der Waals surface area contributed by atoms with Gasteiger partial charge in [0.2, 0.25) is 11.8 Å². The predicted octanol–water partition coefficient (Wildman–Crippen LogP) is 7.52. The molecule has 0 aliphatic heterocycles. The van der Waals surface area contributed by atoms with E-state index in [1.165, 1.54) is 5.56 Å². The molecule has 9 nitrogen and oxygen atoms in total. The first-order chi connectivity index (χ1) is 20.9. The average Bonchev–Trinajstić information content (AvgIpc) is 2.92. The van der Waals surface area contributed by atoms with Gasteiger partial charge in [0.25, 0.3) is 0 Å². The monoisotopic (exact) mass is 716 g/mol. The van der Waals surface area contributed by atoms with Crippen LogP contribution in [-0.2, 0) is 26.3 Å². The summed E-state index contributed by atoms with van der Waals surface area (Å²) in [6.07, 6.45) is 1.95. The number of unbranched alkanes of at least 4 members (excludes halogenated alkanes) is 1. The van der Waals surface area contributed by atoms with Gasteiger partial charge in [-0.25, -0.2) is 4.72 Å². The third kappa shape index (κ3) is 12.9. The molecule has 0 heterocycles. The van der Waals surface area contributed by atoms with Crippen molar-refractivity contribution in [1.29, 1.82) is 0 Å². The zero-order valence-electron chi connectivity index (χ0n) is 29.7. The fourth-order valence-electron chi connectivity index (χ4n) is 5.35. The van der Waals surface area contributed by atoms with Gasteiger partial charge in [0, 0.05) is 16.8 Å². The summed E-state index contributed by atoms with van der Waals surface area (Å²) in [5, 5.41) is 2.88. The second-order valence-electron chi connectivity index (χ2n) is 13.6. The molecule has 0 spiro atoms. The molecule has 2 aromatic carbocycles. The first-order valence-electron chi connectivity index (χ1n) is 16.2. The molecule has 47 heavy (non-hydrogen) atoms. The van der Waals surface area contributed by atoms with Gasteiger partial charge in [-0.2, -0.15) is 8.42 Å². The van der Waals surface area contributed by atoms with Crippen LogP contribution < -0.4 is 25.7 Å². The van der Waals surface area contributed by atoms with Crippen molar-refractivity contribution in [2.75, 3.05) is 11.9 Å². The Morgan fingerprint density at radius 2 is 1.21 bits per heavy atom. The van der Waals surface area contributed by atoms with Crippen LogP contribution in [0.1, 0.15) is 151 Å². The molecule has 0 radical (unpaired) electrons. The number of carbonyl (C=O) groups excluding carboxylic acids is 2. The minimum atomic E-state index is -4.53. The van der Waals surface area contributed by atoms with E-state index in [1.807, 2.05) is 27.7 Å². The Morgan fingerprint density at radius 3 is 1.62 bits per heavy atom. The molecule has 1 unspecified atom stereocenters. The van der Waals surface area contributed by atoms with Crippen LogP contribution in [0.25, 0.3) is 0 Å². The van der Waals surface area contributed by atoms with Gasteiger partial charge in [0.05, 0.1) is 12.5 Å². The molecular formula is C35H58Cl2N4O5S. The van der Waals surface area contributed by atoms with Crippen LogP contribution in [-0.4, -0.2) is 32.8 Å². The van der Waals surface area contributed by atoms with Crippen molar-refractivity contribution in [2.45, 2.75) is 131 Å². The number of halogens is 2. The molecule has 268 valence electrons. The molecule has 0 aromatic heterocycles. The number of anilines is 1. The Labute approximate surface area is 295 Å². The lowest BCUT2D eigenvalue weighted by molar-refractivity contribution is -0.119. The normalized spacial score (nSPS) is 12.3. The largest absolute Gasteiger partial charge is 0.409 e. The van der Waals surface area contributed by atoms with E-state index in [4.69, 9.17) is 15.7 Å². The SMILES string of the molecule is CC(C)c1cc(C(C)C)c(CC(=O)NS(=O)(=O)Oc2c(C(C)C)cc(NC(=O)C(N)CCCCN)cc2C(C)C)c(C(C)C)c1.Cl.Cl. The summed E-state index contributed by atoms with van der Waals surface area (Å²) in [4.78, 5) is 26.1. The highest BCUT2D eigenvalue weighted by Gasteiger charge is 2.27. The smallest absolute Gasteiger partial charge is 0.366 e. The molecule has 0 bridgehead atoms. The summed E-state index contributed by atoms with van der Waals surface area (Å²) in [6.45, 7) is 20.7. The van der Waals surface area contributed by atoms with Crippen molar-refractivity contribution in [3.8, 4) is 5.75 Å². The van der Waals surface area contributed by atoms with E-state index in [0.717, 1.165) is 29.5 Å². The van der Waals surface area contributed by atoms with E-state index in [-0.39, 0.29) is 66.6 Å². The van der Waals surface area contributed by atoms with Crippen molar-refractivity contribution in [3.63, 3.8) is 0 Å². The molecule has 0 fully saturated rings. The van der Waals surface area contributed by atoms with Gasteiger partial charge in [-0.15, -0.1) is 24.8 Å². The Bertz CT molecular complexity index is 1390. The summed E-state index contributed by atoms with van der Waals surface area (Å²) in [5.74, 6) is -0.525. The van der Waals surface area contributed by atoms with Gasteiger partial charge >= 0.3 is 10.3 Å². The lowest BCUT2D eigenvalue weighted by atomic mass is 9.83. The lowest BCUT2D eigenvalue weighted by Crippen LogP contribution is -2.36. The van der Waals surface area contributed by atoms with E-state index >= 15 is 0 Å². The highest BCUT2D eigenvalue weighted by atomic mass is 35.5. The molecular weight excluding hydrogens is 659 g/mol. The molecule has 0 saturated heterocycles. The van der Waals surface area contributed by atoms with Crippen LogP contribution >= 0.6 is 24.8 Å². The van der Waals surface area contributed by atoms with Gasteiger partial charge in [-0.3, -0.25) is 9.59 Å². The zero-order chi connectivity index (χ0) is 34.2. The number of benzene rings is 2. The maximum atomic E-state index is 13.4. The summed E-state index contributed by atoms with van der Waals surface area (Å²) in [7, 11) is -4.53. The molecule has 2 amide bonds. The lowest BCUT2D eigenvalue weighted by Gasteiger charge is -2.23. The van der Waals surface area contributed by atoms with Crippen molar-refractivity contribution >= 4 is 52.6 Å². The molecule has 2 aromatic rings. The molecule has 0 aliphatic rings. The van der Waals surface area contributed by atoms with Crippen molar-refractivity contribution in [1.82, 2.24) is 4.72 Å². The van der Waals surface area contributed by atoms with Crippen molar-refractivity contribution < 1.29 is 22.2 Å². The third-order valence-corrected chi connectivity index (χ3v) is 8.85. The number of carbonyl (C=O) groups is 2. The Balaban J connectivity index is 0.0000106. The van der Waals surface area contributed by atoms with Crippen molar-refractivity contribution in [2.24, 2.45) is 11.5 Å². The first kappa shape index (κ1) is 44.6. The number of hydrogen-bond donors (Lipinski definition) is 4. The highest BCUT2D eigenvalue weighted by molar-refractivity contribution is 7.85. The van der Waals surface area contributed by atoms with Gasteiger partial charge < -0.3 is 21.0 Å². The van der Waals surface area contributed by atoms with E-state index in [2.05, 4.69) is 63.7 Å². The van der Waals surface area contributed by atoms with Crippen LogP contribution in [0.2, 0.25) is 0 Å². The third-order valence-electron chi connectivity index (χ3n) is 7.99. The Hall–Kier alpha value is -2.37. The van der Waals surface area contributed by atoms with Gasteiger partial charge in [-0.05, 0) is 83.4 Å². The number of nitrogens with two attached hydrogens (primary N) is 2. The van der Waals surface area contributed by atoms with Gasteiger partial charge in [-0.1, -0.05) is 87.8 Å². The number of hydrogen-bond acceptors (Lipinski definition) is 7. The molecule has 0 saturated carbocycles. The van der Waals surface area contributed by atoms with Gasteiger partial charge in [0.1, 0.15) is 0 Å². The first-order valence-corrected chi connectivity index (χ1v) is 17.6. The summed E-state index contributed by atoms with van der Waals surface area (Å²) in [6, 6.07) is 6.97. The molecule has 2 rings (SSSR count). The van der Waals surface area contributed by atoms with E-state index in [0.29, 0.717) is 35.7 Å². The van der Waals surface area contributed by atoms with Crippen LogP contribution in [0.4, 0.5) is 5.69 Å². The van der Waals surface area contributed by atoms with Crippen LogP contribution in [0.5, 0.6) is 5.75 Å². The number of rotatable bonds is 16. The Morgan fingerprint density at radius 1 is 0.745 bits per heavy atom. The minimum absolute atomic E-state index is 0. The molecule has 0 aliphatic carbocycles. The van der Waals surface area contributed by atoms with E-state index in [1.54, 1.807) is 12.1 Å². The fraction of sp³-hybridized carbons (Fsp3) is 0.600.